The van der Waals surface area contributed by atoms with Crippen molar-refractivity contribution < 1.29 is 4.42 Å². The molecular weight excluding hydrogens is 382 g/mol. The van der Waals surface area contributed by atoms with Crippen molar-refractivity contribution in [2.45, 2.75) is 17.9 Å². The molecule has 0 aliphatic rings. The third-order valence-electron chi connectivity index (χ3n) is 3.55. The number of hydrogen-bond donors (Lipinski definition) is 2. The number of anilines is 3. The lowest BCUT2D eigenvalue weighted by atomic mass is 10.2. The van der Waals surface area contributed by atoms with Crippen molar-refractivity contribution in [3.63, 3.8) is 0 Å². The van der Waals surface area contributed by atoms with E-state index in [0.29, 0.717) is 28.6 Å². The molecule has 0 aliphatic heterocycles. The Balaban J connectivity index is 1.46. The number of nitrogens with one attached hydrogen (secondary N) is 1. The van der Waals surface area contributed by atoms with Gasteiger partial charge in [-0.2, -0.15) is 15.0 Å². The SMILES string of the molecule is Cc1ccccc1Nc1nc(N)nc(CSc2nnc(-c3cccs3)o2)n1. The first-order chi connectivity index (χ1) is 13.2. The van der Waals surface area contributed by atoms with Gasteiger partial charge in [-0.1, -0.05) is 36.0 Å². The lowest BCUT2D eigenvalue weighted by Gasteiger charge is -2.09. The van der Waals surface area contributed by atoms with E-state index in [1.54, 1.807) is 11.3 Å². The highest BCUT2D eigenvalue weighted by Gasteiger charge is 2.12. The molecule has 0 saturated heterocycles. The van der Waals surface area contributed by atoms with Gasteiger partial charge in [-0.3, -0.25) is 0 Å². The monoisotopic (exact) mass is 397 g/mol. The van der Waals surface area contributed by atoms with Crippen molar-refractivity contribution in [3.05, 3.63) is 53.2 Å². The molecule has 0 amide bonds. The molecule has 0 fully saturated rings. The molecule has 0 saturated carbocycles. The van der Waals surface area contributed by atoms with Gasteiger partial charge < -0.3 is 15.5 Å². The highest BCUT2D eigenvalue weighted by molar-refractivity contribution is 7.98. The molecule has 4 aromatic rings. The molecular formula is C17H15N7OS2. The molecule has 4 rings (SSSR count). The zero-order valence-corrected chi connectivity index (χ0v) is 15.9. The first kappa shape index (κ1) is 17.4. The summed E-state index contributed by atoms with van der Waals surface area (Å²) in [7, 11) is 0. The number of benzene rings is 1. The Morgan fingerprint density at radius 2 is 2.00 bits per heavy atom. The second-order valence-electron chi connectivity index (χ2n) is 5.51. The van der Waals surface area contributed by atoms with E-state index in [4.69, 9.17) is 10.2 Å². The second-order valence-corrected chi connectivity index (χ2v) is 7.39. The minimum atomic E-state index is 0.154. The number of aromatic nitrogens is 5. The van der Waals surface area contributed by atoms with Gasteiger partial charge in [-0.15, -0.1) is 21.5 Å². The molecule has 3 N–H and O–H groups in total. The van der Waals surface area contributed by atoms with Crippen molar-refractivity contribution >= 4 is 40.7 Å². The van der Waals surface area contributed by atoms with Gasteiger partial charge in [0.1, 0.15) is 5.82 Å². The standard InChI is InChI=1S/C17H15N7OS2/c1-10-5-2-3-6-11(10)19-16-21-13(20-15(18)22-16)9-27-17-24-23-14(25-17)12-7-4-8-26-12/h2-8H,9H2,1H3,(H3,18,19,20,21,22). The summed E-state index contributed by atoms with van der Waals surface area (Å²) in [5.74, 6) is 2.02. The van der Waals surface area contributed by atoms with E-state index in [1.165, 1.54) is 11.8 Å². The largest absolute Gasteiger partial charge is 0.410 e. The molecule has 1 aromatic carbocycles. The summed E-state index contributed by atoms with van der Waals surface area (Å²) in [6.07, 6.45) is 0. The fourth-order valence-electron chi connectivity index (χ4n) is 2.29. The van der Waals surface area contributed by atoms with Crippen LogP contribution in [0.3, 0.4) is 0 Å². The van der Waals surface area contributed by atoms with Crippen LogP contribution >= 0.6 is 23.1 Å². The molecule has 8 nitrogen and oxygen atoms in total. The Bertz CT molecular complexity index is 1050. The molecule has 27 heavy (non-hydrogen) atoms. The first-order valence-electron chi connectivity index (χ1n) is 8.00. The predicted octanol–water partition coefficient (Wildman–Crippen LogP) is 3.91. The van der Waals surface area contributed by atoms with Crippen molar-refractivity contribution in [3.8, 4) is 10.8 Å². The third kappa shape index (κ3) is 4.23. The number of thioether (sulfide) groups is 1. The number of nitrogens with two attached hydrogens (primary N) is 1. The van der Waals surface area contributed by atoms with Gasteiger partial charge in [-0.25, -0.2) is 0 Å². The maximum atomic E-state index is 5.83. The molecule has 0 unspecified atom stereocenters. The van der Waals surface area contributed by atoms with Gasteiger partial charge in [0.2, 0.25) is 11.9 Å². The van der Waals surface area contributed by atoms with Crippen molar-refractivity contribution in [2.75, 3.05) is 11.1 Å². The second kappa shape index (κ2) is 7.72. The van der Waals surface area contributed by atoms with Crippen molar-refractivity contribution in [1.82, 2.24) is 25.1 Å². The molecule has 0 atom stereocenters. The van der Waals surface area contributed by atoms with Gasteiger partial charge in [0, 0.05) is 5.69 Å². The van der Waals surface area contributed by atoms with E-state index in [-0.39, 0.29) is 5.95 Å². The van der Waals surface area contributed by atoms with Crippen LogP contribution in [0.1, 0.15) is 11.4 Å². The summed E-state index contributed by atoms with van der Waals surface area (Å²) in [5, 5.41) is 13.7. The Morgan fingerprint density at radius 3 is 2.81 bits per heavy atom. The van der Waals surface area contributed by atoms with E-state index >= 15 is 0 Å². The van der Waals surface area contributed by atoms with Crippen molar-refractivity contribution in [1.29, 1.82) is 0 Å². The summed E-state index contributed by atoms with van der Waals surface area (Å²) >= 11 is 2.89. The number of rotatable bonds is 6. The van der Waals surface area contributed by atoms with Crippen LogP contribution in [0.25, 0.3) is 10.8 Å². The fraction of sp³-hybridized carbons (Fsp3) is 0.118. The molecule has 0 spiro atoms. The molecule has 3 aromatic heterocycles. The highest BCUT2D eigenvalue weighted by atomic mass is 32.2. The van der Waals surface area contributed by atoms with E-state index < -0.39 is 0 Å². The lowest BCUT2D eigenvalue weighted by molar-refractivity contribution is 0.466. The Morgan fingerprint density at radius 1 is 1.11 bits per heavy atom. The lowest BCUT2D eigenvalue weighted by Crippen LogP contribution is -2.07. The maximum Gasteiger partial charge on any atom is 0.277 e. The number of thiophene rings is 1. The summed E-state index contributed by atoms with van der Waals surface area (Å²) in [5.41, 5.74) is 7.83. The maximum absolute atomic E-state index is 5.83. The Labute approximate surface area is 163 Å². The zero-order chi connectivity index (χ0) is 18.6. The van der Waals surface area contributed by atoms with E-state index in [2.05, 4.69) is 30.5 Å². The highest BCUT2D eigenvalue weighted by Crippen LogP contribution is 2.28. The molecule has 0 radical (unpaired) electrons. The van der Waals surface area contributed by atoms with E-state index in [1.807, 2.05) is 48.7 Å². The quantitative estimate of drug-likeness (QED) is 0.467. The molecule has 3 heterocycles. The molecule has 10 heteroatoms. The molecule has 0 bridgehead atoms. The number of hydrogen-bond acceptors (Lipinski definition) is 10. The van der Waals surface area contributed by atoms with Crippen LogP contribution in [0, 0.1) is 6.92 Å². The fourth-order valence-corrected chi connectivity index (χ4v) is 3.55. The Kier molecular flexibility index (Phi) is 4.99. The smallest absolute Gasteiger partial charge is 0.277 e. The van der Waals surface area contributed by atoms with E-state index in [9.17, 15) is 0 Å². The molecule has 136 valence electrons. The van der Waals surface area contributed by atoms with Gasteiger partial charge in [0.25, 0.3) is 11.1 Å². The summed E-state index contributed by atoms with van der Waals surface area (Å²) in [6, 6.07) is 11.7. The first-order valence-corrected chi connectivity index (χ1v) is 9.87. The zero-order valence-electron chi connectivity index (χ0n) is 14.3. The van der Waals surface area contributed by atoms with Gasteiger partial charge in [0.05, 0.1) is 10.6 Å². The summed E-state index contributed by atoms with van der Waals surface area (Å²) < 4.78 is 5.65. The van der Waals surface area contributed by atoms with Crippen LogP contribution in [-0.2, 0) is 5.75 Å². The average Bonchev–Trinajstić information content (AvgIpc) is 3.33. The number of aryl methyl sites for hydroxylation is 1. The van der Waals surface area contributed by atoms with Crippen LogP contribution in [-0.4, -0.2) is 25.1 Å². The normalized spacial score (nSPS) is 10.9. The van der Waals surface area contributed by atoms with Crippen LogP contribution in [0.15, 0.2) is 51.4 Å². The summed E-state index contributed by atoms with van der Waals surface area (Å²) in [6.45, 7) is 2.00. The predicted molar refractivity (Wildman–Crippen MR) is 106 cm³/mol. The number of nitrogen functional groups attached to an aromatic ring is 1. The Hall–Kier alpha value is -2.98. The molecule has 0 aliphatic carbocycles. The third-order valence-corrected chi connectivity index (χ3v) is 5.23. The van der Waals surface area contributed by atoms with Gasteiger partial charge in [0.15, 0.2) is 0 Å². The van der Waals surface area contributed by atoms with Crippen LogP contribution in [0.5, 0.6) is 0 Å². The van der Waals surface area contributed by atoms with Crippen LogP contribution in [0.4, 0.5) is 17.6 Å². The topological polar surface area (TPSA) is 116 Å². The summed E-state index contributed by atoms with van der Waals surface area (Å²) in [4.78, 5) is 13.7. The van der Waals surface area contributed by atoms with Gasteiger partial charge in [-0.05, 0) is 30.0 Å². The average molecular weight is 397 g/mol. The van der Waals surface area contributed by atoms with Crippen molar-refractivity contribution in [2.24, 2.45) is 0 Å². The van der Waals surface area contributed by atoms with Gasteiger partial charge >= 0.3 is 0 Å². The minimum absolute atomic E-state index is 0.154. The van der Waals surface area contributed by atoms with Crippen LogP contribution < -0.4 is 11.1 Å². The van der Waals surface area contributed by atoms with E-state index in [0.717, 1.165) is 16.1 Å². The number of nitrogens with zero attached hydrogens (tertiary/aromatic N) is 5. The minimum Gasteiger partial charge on any atom is -0.410 e. The number of para-hydroxylation sites is 1. The van der Waals surface area contributed by atoms with Crippen LogP contribution in [0.2, 0.25) is 0 Å².